The molecule has 2 rings (SSSR count). The first kappa shape index (κ1) is 14.0. The summed E-state index contributed by atoms with van der Waals surface area (Å²) in [6, 6.07) is 0.740. The minimum Gasteiger partial charge on any atom is -0.321 e. The average molecular weight is 267 g/mol. The van der Waals surface area contributed by atoms with Crippen LogP contribution >= 0.6 is 11.3 Å². The van der Waals surface area contributed by atoms with Gasteiger partial charge in [0, 0.05) is 24.4 Å². The molecule has 1 aromatic rings. The Labute approximate surface area is 114 Å². The summed E-state index contributed by atoms with van der Waals surface area (Å²) >= 11 is 1.75. The molecule has 0 spiro atoms. The van der Waals surface area contributed by atoms with Crippen LogP contribution < -0.4 is 5.73 Å². The van der Waals surface area contributed by atoms with Crippen molar-refractivity contribution in [2.75, 3.05) is 13.1 Å². The second-order valence-corrected chi connectivity index (χ2v) is 6.92. The van der Waals surface area contributed by atoms with Crippen LogP contribution in [-0.2, 0) is 12.0 Å². The maximum Gasteiger partial charge on any atom is 0.0941 e. The highest BCUT2D eigenvalue weighted by molar-refractivity contribution is 7.09. The third-order valence-corrected chi connectivity index (χ3v) is 4.67. The lowest BCUT2D eigenvalue weighted by Crippen LogP contribution is -2.38. The third-order valence-electron chi connectivity index (χ3n) is 3.77. The van der Waals surface area contributed by atoms with Gasteiger partial charge in [-0.05, 0) is 40.2 Å². The normalized spacial score (nSPS) is 22.3. The van der Waals surface area contributed by atoms with E-state index in [4.69, 9.17) is 5.73 Å². The molecule has 102 valence electrons. The minimum absolute atomic E-state index is 0.312. The van der Waals surface area contributed by atoms with Crippen molar-refractivity contribution in [3.63, 3.8) is 0 Å². The highest BCUT2D eigenvalue weighted by Gasteiger charge is 2.20. The van der Waals surface area contributed by atoms with E-state index in [1.165, 1.54) is 30.8 Å². The van der Waals surface area contributed by atoms with Gasteiger partial charge >= 0.3 is 0 Å². The smallest absolute Gasteiger partial charge is 0.0941 e. The molecule has 0 amide bonds. The predicted octanol–water partition coefficient (Wildman–Crippen LogP) is 2.75. The van der Waals surface area contributed by atoms with Crippen molar-refractivity contribution in [2.24, 2.45) is 5.73 Å². The van der Waals surface area contributed by atoms with Gasteiger partial charge < -0.3 is 10.6 Å². The summed E-state index contributed by atoms with van der Waals surface area (Å²) in [6.07, 6.45) is 5.15. The summed E-state index contributed by atoms with van der Waals surface area (Å²) in [4.78, 5) is 7.25. The number of likely N-dealkylation sites (tertiary alicyclic amines) is 1. The first-order valence-corrected chi connectivity index (χ1v) is 7.82. The van der Waals surface area contributed by atoms with E-state index in [1.54, 1.807) is 11.3 Å². The van der Waals surface area contributed by atoms with E-state index in [2.05, 4.69) is 22.2 Å². The Morgan fingerprint density at radius 2 is 2.28 bits per heavy atom. The highest BCUT2D eigenvalue weighted by Crippen LogP contribution is 2.21. The Kier molecular flexibility index (Phi) is 4.41. The number of hydrogen-bond acceptors (Lipinski definition) is 4. The van der Waals surface area contributed by atoms with Gasteiger partial charge in [0.15, 0.2) is 0 Å². The fourth-order valence-electron chi connectivity index (χ4n) is 2.45. The second kappa shape index (κ2) is 5.68. The number of piperidine rings is 1. The van der Waals surface area contributed by atoms with Gasteiger partial charge in [-0.25, -0.2) is 4.98 Å². The molecule has 1 aliphatic heterocycles. The van der Waals surface area contributed by atoms with Crippen LogP contribution in [0, 0.1) is 0 Å². The van der Waals surface area contributed by atoms with Gasteiger partial charge in [-0.3, -0.25) is 0 Å². The van der Waals surface area contributed by atoms with Gasteiger partial charge in [0.2, 0.25) is 0 Å². The Hall–Kier alpha value is -0.450. The van der Waals surface area contributed by atoms with E-state index in [-0.39, 0.29) is 5.54 Å². The summed E-state index contributed by atoms with van der Waals surface area (Å²) in [7, 11) is 0. The molecule has 2 N–H and O–H groups in total. The Bertz CT molecular complexity index is 381. The monoisotopic (exact) mass is 267 g/mol. The van der Waals surface area contributed by atoms with Crippen LogP contribution in [-0.4, -0.2) is 29.0 Å². The van der Waals surface area contributed by atoms with Crippen molar-refractivity contribution in [3.05, 3.63) is 16.1 Å². The summed E-state index contributed by atoms with van der Waals surface area (Å²) < 4.78 is 0. The van der Waals surface area contributed by atoms with E-state index >= 15 is 0 Å². The molecule has 0 aliphatic carbocycles. The van der Waals surface area contributed by atoms with Crippen LogP contribution in [0.25, 0.3) is 0 Å². The average Bonchev–Trinajstić information content (AvgIpc) is 2.76. The molecule has 0 radical (unpaired) electrons. The van der Waals surface area contributed by atoms with Crippen molar-refractivity contribution in [2.45, 2.75) is 58.0 Å². The molecule has 2 heterocycles. The van der Waals surface area contributed by atoms with E-state index in [0.29, 0.717) is 0 Å². The molecule has 18 heavy (non-hydrogen) atoms. The van der Waals surface area contributed by atoms with Crippen LogP contribution in [0.2, 0.25) is 0 Å². The SMILES string of the molecule is CC1CCCCN1CCc1nc(C(C)(C)N)cs1. The van der Waals surface area contributed by atoms with E-state index < -0.39 is 0 Å². The van der Waals surface area contributed by atoms with Gasteiger partial charge in [-0.1, -0.05) is 6.42 Å². The number of nitrogens with two attached hydrogens (primary N) is 1. The van der Waals surface area contributed by atoms with E-state index in [0.717, 1.165) is 24.7 Å². The van der Waals surface area contributed by atoms with Gasteiger partial charge in [0.05, 0.1) is 16.2 Å². The lowest BCUT2D eigenvalue weighted by molar-refractivity contribution is 0.163. The topological polar surface area (TPSA) is 42.2 Å². The van der Waals surface area contributed by atoms with Gasteiger partial charge in [0.25, 0.3) is 0 Å². The van der Waals surface area contributed by atoms with Crippen molar-refractivity contribution in [3.8, 4) is 0 Å². The lowest BCUT2D eigenvalue weighted by atomic mass is 10.0. The van der Waals surface area contributed by atoms with Crippen LogP contribution in [0.15, 0.2) is 5.38 Å². The third kappa shape index (κ3) is 3.53. The molecule has 0 bridgehead atoms. The standard InChI is InChI=1S/C14H25N3S/c1-11-6-4-5-8-17(11)9-7-13-16-12(10-18-13)14(2,3)15/h10-11H,4-9,15H2,1-3H3. The van der Waals surface area contributed by atoms with Crippen molar-refractivity contribution in [1.29, 1.82) is 0 Å². The second-order valence-electron chi connectivity index (χ2n) is 5.98. The summed E-state index contributed by atoms with van der Waals surface area (Å²) in [6.45, 7) is 8.76. The van der Waals surface area contributed by atoms with E-state index in [9.17, 15) is 0 Å². The van der Waals surface area contributed by atoms with Crippen LogP contribution in [0.5, 0.6) is 0 Å². The van der Waals surface area contributed by atoms with Gasteiger partial charge in [0.1, 0.15) is 0 Å². The van der Waals surface area contributed by atoms with Crippen molar-refractivity contribution >= 4 is 11.3 Å². The largest absolute Gasteiger partial charge is 0.321 e. The number of aromatic nitrogens is 1. The molecule has 0 aromatic carbocycles. The van der Waals surface area contributed by atoms with Gasteiger partial charge in [-0.2, -0.15) is 0 Å². The zero-order chi connectivity index (χ0) is 13.2. The summed E-state index contributed by atoms with van der Waals surface area (Å²) in [5, 5.41) is 3.33. The number of hydrogen-bond donors (Lipinski definition) is 1. The van der Waals surface area contributed by atoms with Crippen molar-refractivity contribution in [1.82, 2.24) is 9.88 Å². The Morgan fingerprint density at radius 3 is 2.89 bits per heavy atom. The number of nitrogens with zero attached hydrogens (tertiary/aromatic N) is 2. The van der Waals surface area contributed by atoms with Gasteiger partial charge in [-0.15, -0.1) is 11.3 Å². The molecule has 1 aromatic heterocycles. The molecule has 3 nitrogen and oxygen atoms in total. The van der Waals surface area contributed by atoms with Crippen LogP contribution in [0.3, 0.4) is 0 Å². The molecular formula is C14H25N3S. The molecule has 4 heteroatoms. The highest BCUT2D eigenvalue weighted by atomic mass is 32.1. The predicted molar refractivity (Wildman–Crippen MR) is 77.9 cm³/mol. The molecule has 1 unspecified atom stereocenters. The fraction of sp³-hybridized carbons (Fsp3) is 0.786. The zero-order valence-electron chi connectivity index (χ0n) is 11.8. The first-order valence-electron chi connectivity index (χ1n) is 6.94. The molecule has 1 aliphatic rings. The molecule has 1 atom stereocenters. The molecule has 1 saturated heterocycles. The van der Waals surface area contributed by atoms with Crippen LogP contribution in [0.4, 0.5) is 0 Å². The van der Waals surface area contributed by atoms with Crippen LogP contribution in [0.1, 0.15) is 50.7 Å². The fourth-order valence-corrected chi connectivity index (χ4v) is 3.42. The Balaban J connectivity index is 1.88. The maximum absolute atomic E-state index is 6.06. The van der Waals surface area contributed by atoms with E-state index in [1.807, 2.05) is 13.8 Å². The number of thiazole rings is 1. The minimum atomic E-state index is -0.312. The number of rotatable bonds is 4. The zero-order valence-corrected chi connectivity index (χ0v) is 12.6. The molecule has 1 fully saturated rings. The summed E-state index contributed by atoms with van der Waals surface area (Å²) in [5.74, 6) is 0. The molecular weight excluding hydrogens is 242 g/mol. The molecule has 0 saturated carbocycles. The maximum atomic E-state index is 6.06. The lowest BCUT2D eigenvalue weighted by Gasteiger charge is -2.33. The Morgan fingerprint density at radius 1 is 1.50 bits per heavy atom. The van der Waals surface area contributed by atoms with Crippen molar-refractivity contribution < 1.29 is 0 Å². The quantitative estimate of drug-likeness (QED) is 0.912. The summed E-state index contributed by atoms with van der Waals surface area (Å²) in [5.41, 5.74) is 6.77. The first-order chi connectivity index (χ1) is 8.47.